The Bertz CT molecular complexity index is 776. The number of guanidine groups is 1. The molecular formula is C20H28N8O. The van der Waals surface area contributed by atoms with E-state index in [4.69, 9.17) is 0 Å². The summed E-state index contributed by atoms with van der Waals surface area (Å²) < 4.78 is 0. The average Bonchev–Trinajstić information content (AvgIpc) is 2.79. The van der Waals surface area contributed by atoms with E-state index < -0.39 is 0 Å². The highest BCUT2D eigenvalue weighted by Gasteiger charge is 2.22. The highest BCUT2D eigenvalue weighted by atomic mass is 16.2. The Morgan fingerprint density at radius 2 is 1.79 bits per heavy atom. The predicted molar refractivity (Wildman–Crippen MR) is 112 cm³/mol. The van der Waals surface area contributed by atoms with Crippen molar-refractivity contribution in [1.29, 1.82) is 0 Å². The fourth-order valence-electron chi connectivity index (χ4n) is 3.05. The molecule has 29 heavy (non-hydrogen) atoms. The molecule has 0 aromatic carbocycles. The van der Waals surface area contributed by atoms with Crippen molar-refractivity contribution in [1.82, 2.24) is 30.5 Å². The van der Waals surface area contributed by atoms with Gasteiger partial charge in [0.1, 0.15) is 0 Å². The number of aromatic nitrogens is 3. The maximum atomic E-state index is 12.5. The van der Waals surface area contributed by atoms with Crippen LogP contribution in [0.2, 0.25) is 0 Å². The van der Waals surface area contributed by atoms with Gasteiger partial charge in [-0.25, -0.2) is 15.0 Å². The number of rotatable bonds is 7. The number of nitrogens with zero attached hydrogens (tertiary/aromatic N) is 6. The van der Waals surface area contributed by atoms with Gasteiger partial charge in [0.25, 0.3) is 0 Å². The predicted octanol–water partition coefficient (Wildman–Crippen LogP) is 0.666. The van der Waals surface area contributed by atoms with Crippen LogP contribution in [-0.2, 0) is 11.3 Å². The van der Waals surface area contributed by atoms with Crippen LogP contribution in [0.25, 0.3) is 0 Å². The Hall–Kier alpha value is -3.23. The monoisotopic (exact) mass is 396 g/mol. The molecule has 3 heterocycles. The summed E-state index contributed by atoms with van der Waals surface area (Å²) in [5.41, 5.74) is 0.904. The van der Waals surface area contributed by atoms with Gasteiger partial charge >= 0.3 is 0 Å². The first kappa shape index (κ1) is 20.5. The molecule has 9 heteroatoms. The molecule has 1 aliphatic heterocycles. The van der Waals surface area contributed by atoms with Gasteiger partial charge in [-0.2, -0.15) is 0 Å². The number of hydrogen-bond donors (Lipinski definition) is 2. The van der Waals surface area contributed by atoms with Crippen molar-refractivity contribution >= 4 is 17.8 Å². The van der Waals surface area contributed by atoms with E-state index in [1.807, 2.05) is 30.0 Å². The molecule has 154 valence electrons. The summed E-state index contributed by atoms with van der Waals surface area (Å²) in [7, 11) is 0. The van der Waals surface area contributed by atoms with Crippen molar-refractivity contribution in [2.45, 2.75) is 19.9 Å². The highest BCUT2D eigenvalue weighted by Crippen LogP contribution is 2.10. The van der Waals surface area contributed by atoms with Gasteiger partial charge in [-0.3, -0.25) is 9.78 Å². The second-order valence-electron chi connectivity index (χ2n) is 6.61. The van der Waals surface area contributed by atoms with Gasteiger partial charge in [0, 0.05) is 64.3 Å². The van der Waals surface area contributed by atoms with Crippen molar-refractivity contribution in [3.8, 4) is 0 Å². The van der Waals surface area contributed by atoms with Crippen LogP contribution in [0.15, 0.2) is 47.8 Å². The van der Waals surface area contributed by atoms with Crippen LogP contribution in [0.1, 0.15) is 19.0 Å². The van der Waals surface area contributed by atoms with E-state index in [1.54, 1.807) is 24.7 Å². The van der Waals surface area contributed by atoms with Gasteiger partial charge in [0.2, 0.25) is 11.9 Å². The molecule has 1 saturated heterocycles. The normalized spacial score (nSPS) is 14.6. The molecule has 2 N–H and O–H groups in total. The molecule has 1 aliphatic rings. The van der Waals surface area contributed by atoms with Crippen LogP contribution in [0, 0.1) is 0 Å². The zero-order valence-corrected chi connectivity index (χ0v) is 16.8. The molecule has 0 spiro atoms. The van der Waals surface area contributed by atoms with Crippen LogP contribution in [0.5, 0.6) is 0 Å². The van der Waals surface area contributed by atoms with Crippen LogP contribution >= 0.6 is 0 Å². The topological polar surface area (TPSA) is 98.6 Å². The van der Waals surface area contributed by atoms with Crippen LogP contribution in [0.4, 0.5) is 5.95 Å². The summed E-state index contributed by atoms with van der Waals surface area (Å²) in [6.07, 6.45) is 5.66. The molecule has 0 aliphatic carbocycles. The zero-order chi connectivity index (χ0) is 20.3. The number of nitrogens with one attached hydrogen (secondary N) is 2. The summed E-state index contributed by atoms with van der Waals surface area (Å²) in [5, 5.41) is 6.42. The Kier molecular flexibility index (Phi) is 7.73. The lowest BCUT2D eigenvalue weighted by Crippen LogP contribution is -2.50. The van der Waals surface area contributed by atoms with Crippen LogP contribution < -0.4 is 15.5 Å². The SMILES string of the molecule is CCNC(=NCc1ccccn1)NCCC(=O)N1CCN(c2ncccn2)CC1. The van der Waals surface area contributed by atoms with Gasteiger partial charge in [-0.15, -0.1) is 0 Å². The maximum absolute atomic E-state index is 12.5. The van der Waals surface area contributed by atoms with Crippen molar-refractivity contribution in [2.75, 3.05) is 44.2 Å². The van der Waals surface area contributed by atoms with Crippen molar-refractivity contribution in [3.05, 3.63) is 48.5 Å². The molecule has 9 nitrogen and oxygen atoms in total. The molecule has 0 unspecified atom stereocenters. The molecule has 0 radical (unpaired) electrons. The fraction of sp³-hybridized carbons (Fsp3) is 0.450. The maximum Gasteiger partial charge on any atom is 0.225 e. The van der Waals surface area contributed by atoms with Crippen LogP contribution in [-0.4, -0.2) is 71.0 Å². The van der Waals surface area contributed by atoms with E-state index in [9.17, 15) is 4.79 Å². The average molecular weight is 396 g/mol. The number of hydrogen-bond acceptors (Lipinski definition) is 6. The third-order valence-corrected chi connectivity index (χ3v) is 4.57. The Labute approximate surface area is 171 Å². The number of amides is 1. The fourth-order valence-corrected chi connectivity index (χ4v) is 3.05. The van der Waals surface area contributed by atoms with Crippen molar-refractivity contribution in [2.24, 2.45) is 4.99 Å². The molecule has 2 aromatic heterocycles. The minimum Gasteiger partial charge on any atom is -0.357 e. The van der Waals surface area contributed by atoms with Crippen LogP contribution in [0.3, 0.4) is 0 Å². The quantitative estimate of drug-likeness (QED) is 0.524. The van der Waals surface area contributed by atoms with Gasteiger partial charge in [-0.1, -0.05) is 6.07 Å². The first-order valence-corrected chi connectivity index (χ1v) is 9.98. The summed E-state index contributed by atoms with van der Waals surface area (Å²) in [6, 6.07) is 7.57. The number of aliphatic imine (C=N–C) groups is 1. The molecule has 0 bridgehead atoms. The third-order valence-electron chi connectivity index (χ3n) is 4.57. The van der Waals surface area contributed by atoms with Gasteiger partial charge in [0.05, 0.1) is 12.2 Å². The van der Waals surface area contributed by atoms with E-state index in [1.165, 1.54) is 0 Å². The smallest absolute Gasteiger partial charge is 0.225 e. The second kappa shape index (κ2) is 10.9. The summed E-state index contributed by atoms with van der Waals surface area (Å²) in [5.74, 6) is 1.56. The first-order valence-electron chi connectivity index (χ1n) is 9.98. The number of anilines is 1. The molecule has 3 rings (SSSR count). The molecule has 1 fully saturated rings. The van der Waals surface area contributed by atoms with E-state index in [0.29, 0.717) is 38.6 Å². The van der Waals surface area contributed by atoms with Crippen molar-refractivity contribution < 1.29 is 4.79 Å². The minimum absolute atomic E-state index is 0.145. The number of pyridine rings is 1. The minimum atomic E-state index is 0.145. The van der Waals surface area contributed by atoms with Gasteiger partial charge in [-0.05, 0) is 25.1 Å². The summed E-state index contributed by atoms with van der Waals surface area (Å²) in [4.78, 5) is 33.9. The molecule has 1 amide bonds. The van der Waals surface area contributed by atoms with Gasteiger partial charge in [0.15, 0.2) is 5.96 Å². The number of piperazine rings is 1. The van der Waals surface area contributed by atoms with E-state index in [2.05, 4.69) is 35.5 Å². The molecule has 0 atom stereocenters. The lowest BCUT2D eigenvalue weighted by Gasteiger charge is -2.34. The van der Waals surface area contributed by atoms with E-state index in [0.717, 1.165) is 31.3 Å². The third kappa shape index (κ3) is 6.41. The largest absolute Gasteiger partial charge is 0.357 e. The van der Waals surface area contributed by atoms with Crippen molar-refractivity contribution in [3.63, 3.8) is 0 Å². The Balaban J connectivity index is 1.41. The highest BCUT2D eigenvalue weighted by molar-refractivity contribution is 5.81. The van der Waals surface area contributed by atoms with Gasteiger partial charge < -0.3 is 20.4 Å². The summed E-state index contributed by atoms with van der Waals surface area (Å²) >= 11 is 0. The first-order chi connectivity index (χ1) is 14.3. The Morgan fingerprint density at radius 1 is 1.03 bits per heavy atom. The van der Waals surface area contributed by atoms with E-state index in [-0.39, 0.29) is 5.91 Å². The standard InChI is InChI=1S/C20H28N8O/c1-2-21-19(26-16-17-6-3-4-8-22-17)23-11-7-18(29)27-12-14-28(15-13-27)20-24-9-5-10-25-20/h3-6,8-10H,2,7,11-16H2,1H3,(H2,21,23,26). The molecule has 0 saturated carbocycles. The number of carbonyl (C=O) groups is 1. The lowest BCUT2D eigenvalue weighted by atomic mass is 10.3. The Morgan fingerprint density at radius 3 is 2.48 bits per heavy atom. The molecular weight excluding hydrogens is 368 g/mol. The van der Waals surface area contributed by atoms with E-state index >= 15 is 0 Å². The second-order valence-corrected chi connectivity index (χ2v) is 6.61. The molecule has 2 aromatic rings. The zero-order valence-electron chi connectivity index (χ0n) is 16.8. The summed E-state index contributed by atoms with van der Waals surface area (Å²) in [6.45, 7) is 6.66. The lowest BCUT2D eigenvalue weighted by molar-refractivity contribution is -0.131. The number of carbonyl (C=O) groups excluding carboxylic acids is 1.